The van der Waals surface area contributed by atoms with Crippen LogP contribution in [-0.4, -0.2) is 19.1 Å². The van der Waals surface area contributed by atoms with E-state index in [1.807, 2.05) is 24.3 Å². The number of hydrogen-bond acceptors (Lipinski definition) is 4. The molecule has 1 aliphatic rings. The summed E-state index contributed by atoms with van der Waals surface area (Å²) < 4.78 is 16.9. The van der Waals surface area contributed by atoms with Crippen LogP contribution < -0.4 is 19.5 Å². The van der Waals surface area contributed by atoms with Crippen LogP contribution in [0.15, 0.2) is 66.7 Å². The first-order valence-electron chi connectivity index (χ1n) is 8.43. The zero-order valence-electron chi connectivity index (χ0n) is 14.3. The Balaban J connectivity index is 1.56. The topological polar surface area (TPSA) is 56.8 Å². The van der Waals surface area contributed by atoms with Gasteiger partial charge in [0.15, 0.2) is 17.2 Å². The molecule has 0 saturated carbocycles. The quantitative estimate of drug-likeness (QED) is 0.678. The molecule has 0 radical (unpaired) electrons. The molecular formula is C21H16ClNO4. The van der Waals surface area contributed by atoms with E-state index in [9.17, 15) is 4.79 Å². The van der Waals surface area contributed by atoms with Gasteiger partial charge in [-0.1, -0.05) is 35.9 Å². The predicted octanol–water partition coefficient (Wildman–Crippen LogP) is 5.16. The molecule has 5 nitrogen and oxygen atoms in total. The first-order valence-corrected chi connectivity index (χ1v) is 8.81. The first-order chi connectivity index (χ1) is 13.2. The molecule has 0 aliphatic carbocycles. The number of carbonyl (C=O) groups is 1. The highest BCUT2D eigenvalue weighted by molar-refractivity contribution is 6.32. The number of fused-ring (bicyclic) bond motifs is 1. The van der Waals surface area contributed by atoms with Gasteiger partial charge in [-0.3, -0.25) is 4.79 Å². The number of benzene rings is 3. The lowest BCUT2D eigenvalue weighted by atomic mass is 10.1. The molecular weight excluding hydrogens is 366 g/mol. The van der Waals surface area contributed by atoms with E-state index in [1.165, 1.54) is 0 Å². The zero-order valence-corrected chi connectivity index (χ0v) is 15.0. The van der Waals surface area contributed by atoms with Crippen LogP contribution in [0.5, 0.6) is 23.0 Å². The van der Waals surface area contributed by atoms with Gasteiger partial charge in [0.05, 0.1) is 10.7 Å². The summed E-state index contributed by atoms with van der Waals surface area (Å²) in [4.78, 5) is 12.7. The Bertz CT molecular complexity index is 989. The van der Waals surface area contributed by atoms with Crippen molar-refractivity contribution in [1.82, 2.24) is 0 Å². The molecule has 3 aromatic carbocycles. The molecule has 1 N–H and O–H groups in total. The average molecular weight is 382 g/mol. The molecule has 1 aliphatic heterocycles. The Hall–Kier alpha value is -3.18. The standard InChI is InChI=1S/C21H16ClNO4/c22-15-5-1-3-7-17(15)27-18-8-4-2-6-16(18)23-21(24)14-9-10-19-20(13-14)26-12-11-25-19/h1-10,13H,11-12H2,(H,23,24). The van der Waals surface area contributed by atoms with Crippen molar-refractivity contribution in [3.05, 3.63) is 77.3 Å². The smallest absolute Gasteiger partial charge is 0.255 e. The summed E-state index contributed by atoms with van der Waals surface area (Å²) in [6.07, 6.45) is 0. The lowest BCUT2D eigenvalue weighted by Crippen LogP contribution is -2.17. The van der Waals surface area contributed by atoms with E-state index in [2.05, 4.69) is 5.32 Å². The highest BCUT2D eigenvalue weighted by Gasteiger charge is 2.16. The van der Waals surface area contributed by atoms with Gasteiger partial charge in [0, 0.05) is 5.56 Å². The molecule has 0 fully saturated rings. The zero-order chi connectivity index (χ0) is 18.6. The summed E-state index contributed by atoms with van der Waals surface area (Å²) in [6, 6.07) is 19.4. The molecule has 6 heteroatoms. The second kappa shape index (κ2) is 7.60. The minimum Gasteiger partial charge on any atom is -0.486 e. The fourth-order valence-electron chi connectivity index (χ4n) is 2.68. The number of nitrogens with one attached hydrogen (secondary N) is 1. The van der Waals surface area contributed by atoms with E-state index in [1.54, 1.807) is 42.5 Å². The summed E-state index contributed by atoms with van der Waals surface area (Å²) in [5.41, 5.74) is 1.00. The van der Waals surface area contributed by atoms with Crippen molar-refractivity contribution in [1.29, 1.82) is 0 Å². The molecule has 0 saturated heterocycles. The van der Waals surface area contributed by atoms with Crippen LogP contribution in [0, 0.1) is 0 Å². The van der Waals surface area contributed by atoms with E-state index in [0.29, 0.717) is 52.5 Å². The normalized spacial score (nSPS) is 12.3. The Labute approximate surface area is 161 Å². The van der Waals surface area contributed by atoms with Gasteiger partial charge in [0.1, 0.15) is 19.0 Å². The molecule has 27 heavy (non-hydrogen) atoms. The molecule has 0 unspecified atom stereocenters. The maximum absolute atomic E-state index is 12.7. The molecule has 0 aromatic heterocycles. The van der Waals surface area contributed by atoms with E-state index >= 15 is 0 Å². The van der Waals surface area contributed by atoms with Crippen molar-refractivity contribution in [2.24, 2.45) is 0 Å². The van der Waals surface area contributed by atoms with Crippen LogP contribution in [0.1, 0.15) is 10.4 Å². The average Bonchev–Trinajstić information content (AvgIpc) is 2.70. The first kappa shape index (κ1) is 17.2. The Morgan fingerprint density at radius 1 is 0.889 bits per heavy atom. The Morgan fingerprint density at radius 2 is 1.59 bits per heavy atom. The number of para-hydroxylation sites is 3. The van der Waals surface area contributed by atoms with Crippen molar-refractivity contribution in [2.75, 3.05) is 18.5 Å². The van der Waals surface area contributed by atoms with Crippen LogP contribution >= 0.6 is 11.6 Å². The maximum atomic E-state index is 12.7. The molecule has 0 atom stereocenters. The van der Waals surface area contributed by atoms with Crippen molar-refractivity contribution < 1.29 is 19.0 Å². The molecule has 4 rings (SSSR count). The van der Waals surface area contributed by atoms with Crippen molar-refractivity contribution in [3.8, 4) is 23.0 Å². The SMILES string of the molecule is O=C(Nc1ccccc1Oc1ccccc1Cl)c1ccc2c(c1)OCCO2. The van der Waals surface area contributed by atoms with Gasteiger partial charge in [0.25, 0.3) is 5.91 Å². The fraction of sp³-hybridized carbons (Fsp3) is 0.0952. The van der Waals surface area contributed by atoms with Gasteiger partial charge in [0.2, 0.25) is 0 Å². The Kier molecular flexibility index (Phi) is 4.85. The van der Waals surface area contributed by atoms with Gasteiger partial charge in [-0.05, 0) is 42.5 Å². The second-order valence-corrected chi connectivity index (χ2v) is 6.25. The van der Waals surface area contributed by atoms with Gasteiger partial charge >= 0.3 is 0 Å². The second-order valence-electron chi connectivity index (χ2n) is 5.84. The van der Waals surface area contributed by atoms with E-state index in [0.717, 1.165) is 0 Å². The maximum Gasteiger partial charge on any atom is 0.255 e. The third kappa shape index (κ3) is 3.83. The summed E-state index contributed by atoms with van der Waals surface area (Å²) >= 11 is 6.16. The molecule has 0 spiro atoms. The number of amides is 1. The van der Waals surface area contributed by atoms with Crippen molar-refractivity contribution in [2.45, 2.75) is 0 Å². The van der Waals surface area contributed by atoms with E-state index in [4.69, 9.17) is 25.8 Å². The van der Waals surface area contributed by atoms with E-state index < -0.39 is 0 Å². The summed E-state index contributed by atoms with van der Waals surface area (Å²) in [5.74, 6) is 1.94. The molecule has 3 aromatic rings. The van der Waals surface area contributed by atoms with Crippen LogP contribution in [0.25, 0.3) is 0 Å². The predicted molar refractivity (Wildman–Crippen MR) is 103 cm³/mol. The van der Waals surface area contributed by atoms with Gasteiger partial charge < -0.3 is 19.5 Å². The summed E-state index contributed by atoms with van der Waals surface area (Å²) in [6.45, 7) is 0.970. The Morgan fingerprint density at radius 3 is 2.41 bits per heavy atom. The van der Waals surface area contributed by atoms with Crippen LogP contribution in [-0.2, 0) is 0 Å². The highest BCUT2D eigenvalue weighted by atomic mass is 35.5. The van der Waals surface area contributed by atoms with Crippen molar-refractivity contribution >= 4 is 23.2 Å². The highest BCUT2D eigenvalue weighted by Crippen LogP contribution is 2.34. The number of anilines is 1. The van der Waals surface area contributed by atoms with Crippen LogP contribution in [0.3, 0.4) is 0 Å². The van der Waals surface area contributed by atoms with Gasteiger partial charge in [-0.15, -0.1) is 0 Å². The lowest BCUT2D eigenvalue weighted by molar-refractivity contribution is 0.102. The third-order valence-electron chi connectivity index (χ3n) is 4.00. The largest absolute Gasteiger partial charge is 0.486 e. The van der Waals surface area contributed by atoms with E-state index in [-0.39, 0.29) is 5.91 Å². The van der Waals surface area contributed by atoms with Gasteiger partial charge in [-0.2, -0.15) is 0 Å². The number of ether oxygens (including phenoxy) is 3. The molecule has 0 bridgehead atoms. The summed E-state index contributed by atoms with van der Waals surface area (Å²) in [5, 5.41) is 3.36. The van der Waals surface area contributed by atoms with Crippen molar-refractivity contribution in [3.63, 3.8) is 0 Å². The van der Waals surface area contributed by atoms with Crippen LogP contribution in [0.4, 0.5) is 5.69 Å². The summed E-state index contributed by atoms with van der Waals surface area (Å²) in [7, 11) is 0. The number of hydrogen-bond donors (Lipinski definition) is 1. The fourth-order valence-corrected chi connectivity index (χ4v) is 2.86. The monoisotopic (exact) mass is 381 g/mol. The number of halogens is 1. The number of rotatable bonds is 4. The molecule has 1 amide bonds. The molecule has 1 heterocycles. The van der Waals surface area contributed by atoms with Crippen LogP contribution in [0.2, 0.25) is 5.02 Å². The minimum absolute atomic E-state index is 0.276. The third-order valence-corrected chi connectivity index (χ3v) is 4.31. The molecule has 136 valence electrons. The van der Waals surface area contributed by atoms with Gasteiger partial charge in [-0.25, -0.2) is 0 Å². The minimum atomic E-state index is -0.276. The lowest BCUT2D eigenvalue weighted by Gasteiger charge is -2.19. The number of carbonyl (C=O) groups excluding carboxylic acids is 1.